The quantitative estimate of drug-likeness (QED) is 0.375. The number of hydrazine groups is 1. The van der Waals surface area contributed by atoms with Crippen molar-refractivity contribution in [2.75, 3.05) is 19.5 Å². The molecule has 8 heteroatoms. The van der Waals surface area contributed by atoms with Gasteiger partial charge in [-0.25, -0.2) is 0 Å². The molecule has 0 aromatic heterocycles. The Balaban J connectivity index is 1.72. The van der Waals surface area contributed by atoms with E-state index in [0.29, 0.717) is 22.2 Å². The number of anilines is 1. The third-order valence-corrected chi connectivity index (χ3v) is 5.05. The van der Waals surface area contributed by atoms with Gasteiger partial charge in [0, 0.05) is 12.1 Å². The lowest BCUT2D eigenvalue weighted by Gasteiger charge is -2.20. The molecule has 3 aromatic carbocycles. The summed E-state index contributed by atoms with van der Waals surface area (Å²) in [5, 5.41) is 3.56. The number of rotatable bonds is 6. The summed E-state index contributed by atoms with van der Waals surface area (Å²) in [6.07, 6.45) is 0. The van der Waals surface area contributed by atoms with Gasteiger partial charge in [0.1, 0.15) is 11.5 Å². The van der Waals surface area contributed by atoms with Gasteiger partial charge < -0.3 is 14.8 Å². The van der Waals surface area contributed by atoms with Gasteiger partial charge in [-0.1, -0.05) is 72.3 Å². The van der Waals surface area contributed by atoms with E-state index >= 15 is 0 Å². The highest BCUT2D eigenvalue weighted by molar-refractivity contribution is 7.80. The van der Waals surface area contributed by atoms with Gasteiger partial charge in [0.15, 0.2) is 5.11 Å². The van der Waals surface area contributed by atoms with Crippen LogP contribution in [0.1, 0.15) is 17.0 Å². The summed E-state index contributed by atoms with van der Waals surface area (Å²) in [6.45, 7) is 0. The molecule has 3 N–H and O–H groups in total. The molecule has 3 rings (SSSR count). The van der Waals surface area contributed by atoms with Crippen molar-refractivity contribution < 1.29 is 14.3 Å². The Hall–Kier alpha value is -3.29. The Bertz CT molecular complexity index is 1010. The van der Waals surface area contributed by atoms with Crippen LogP contribution in [0.4, 0.5) is 5.69 Å². The third-order valence-electron chi connectivity index (χ3n) is 4.55. The summed E-state index contributed by atoms with van der Waals surface area (Å²) in [5.41, 5.74) is 7.71. The second-order valence-corrected chi connectivity index (χ2v) is 7.33. The molecule has 0 saturated heterocycles. The van der Waals surface area contributed by atoms with Gasteiger partial charge in [0.25, 0.3) is 0 Å². The molecular formula is C23H22ClN3O3S. The molecule has 0 aliphatic carbocycles. The topological polar surface area (TPSA) is 71.6 Å². The van der Waals surface area contributed by atoms with Gasteiger partial charge in [-0.15, -0.1) is 0 Å². The SMILES string of the molecule is COc1cc(NC(=S)NNC(=O)C(c2ccccc2)c2ccccc2)c(OC)cc1Cl. The molecule has 0 atom stereocenters. The highest BCUT2D eigenvalue weighted by Gasteiger charge is 2.22. The van der Waals surface area contributed by atoms with Crippen molar-refractivity contribution in [2.24, 2.45) is 0 Å². The zero-order valence-electron chi connectivity index (χ0n) is 17.0. The van der Waals surface area contributed by atoms with Gasteiger partial charge in [-0.2, -0.15) is 0 Å². The monoisotopic (exact) mass is 455 g/mol. The van der Waals surface area contributed by atoms with Gasteiger partial charge in [-0.3, -0.25) is 15.6 Å². The minimum absolute atomic E-state index is 0.177. The van der Waals surface area contributed by atoms with Crippen molar-refractivity contribution in [3.8, 4) is 11.5 Å². The predicted molar refractivity (Wildman–Crippen MR) is 127 cm³/mol. The van der Waals surface area contributed by atoms with Crippen LogP contribution in [0.2, 0.25) is 5.02 Å². The maximum atomic E-state index is 13.0. The molecule has 0 fully saturated rings. The van der Waals surface area contributed by atoms with Crippen LogP contribution in [-0.2, 0) is 4.79 Å². The van der Waals surface area contributed by atoms with Gasteiger partial charge in [0.2, 0.25) is 5.91 Å². The number of carbonyl (C=O) groups excluding carboxylic acids is 1. The second kappa shape index (κ2) is 10.7. The Labute approximate surface area is 191 Å². The summed E-state index contributed by atoms with van der Waals surface area (Å²) in [4.78, 5) is 13.0. The minimum atomic E-state index is -0.497. The van der Waals surface area contributed by atoms with Crippen LogP contribution in [0.3, 0.4) is 0 Å². The molecule has 1 amide bonds. The lowest BCUT2D eigenvalue weighted by molar-refractivity contribution is -0.122. The van der Waals surface area contributed by atoms with Crippen molar-refractivity contribution in [1.29, 1.82) is 0 Å². The fraction of sp³-hybridized carbons (Fsp3) is 0.130. The Morgan fingerprint density at radius 3 is 1.94 bits per heavy atom. The molecule has 0 saturated carbocycles. The first-order valence-corrected chi connectivity index (χ1v) is 10.2. The first-order valence-electron chi connectivity index (χ1n) is 9.41. The second-order valence-electron chi connectivity index (χ2n) is 6.51. The maximum Gasteiger partial charge on any atom is 0.250 e. The van der Waals surface area contributed by atoms with Crippen LogP contribution in [0, 0.1) is 0 Å². The number of carbonyl (C=O) groups is 1. The Morgan fingerprint density at radius 2 is 1.42 bits per heavy atom. The van der Waals surface area contributed by atoms with Gasteiger partial charge in [0.05, 0.1) is 30.8 Å². The summed E-state index contributed by atoms with van der Waals surface area (Å²) in [5.74, 6) is 0.197. The first-order chi connectivity index (χ1) is 15.0. The van der Waals surface area contributed by atoms with Crippen LogP contribution in [0.25, 0.3) is 0 Å². The molecule has 3 aromatic rings. The molecule has 0 aliphatic heterocycles. The molecule has 6 nitrogen and oxygen atoms in total. The van der Waals surface area contributed by atoms with E-state index in [9.17, 15) is 4.79 Å². The Morgan fingerprint density at radius 1 is 0.871 bits per heavy atom. The number of hydrogen-bond acceptors (Lipinski definition) is 4. The van der Waals surface area contributed by atoms with Crippen LogP contribution >= 0.6 is 23.8 Å². The van der Waals surface area contributed by atoms with E-state index in [4.69, 9.17) is 33.3 Å². The highest BCUT2D eigenvalue weighted by Crippen LogP contribution is 2.35. The maximum absolute atomic E-state index is 13.0. The fourth-order valence-corrected chi connectivity index (χ4v) is 3.48. The molecule has 0 unspecified atom stereocenters. The van der Waals surface area contributed by atoms with Crippen molar-refractivity contribution in [1.82, 2.24) is 10.9 Å². The van der Waals surface area contributed by atoms with E-state index in [-0.39, 0.29) is 11.0 Å². The molecule has 31 heavy (non-hydrogen) atoms. The molecule has 0 heterocycles. The van der Waals surface area contributed by atoms with E-state index in [1.165, 1.54) is 14.2 Å². The molecule has 160 valence electrons. The number of amides is 1. The summed E-state index contributed by atoms with van der Waals surface area (Å²) < 4.78 is 10.6. The van der Waals surface area contributed by atoms with E-state index in [2.05, 4.69) is 16.2 Å². The lowest BCUT2D eigenvalue weighted by Crippen LogP contribution is -2.46. The molecule has 0 aliphatic rings. The average molecular weight is 456 g/mol. The van der Waals surface area contributed by atoms with Gasteiger partial charge >= 0.3 is 0 Å². The fourth-order valence-electron chi connectivity index (χ4n) is 3.09. The lowest BCUT2D eigenvalue weighted by atomic mass is 9.91. The number of ether oxygens (including phenoxy) is 2. The van der Waals surface area contributed by atoms with Crippen LogP contribution in [0.15, 0.2) is 72.8 Å². The number of benzene rings is 3. The van der Waals surface area contributed by atoms with Crippen molar-refractivity contribution >= 4 is 40.5 Å². The third kappa shape index (κ3) is 5.65. The zero-order chi connectivity index (χ0) is 22.2. The van der Waals surface area contributed by atoms with E-state index in [1.54, 1.807) is 12.1 Å². The summed E-state index contributed by atoms with van der Waals surface area (Å²) >= 11 is 11.5. The van der Waals surface area contributed by atoms with E-state index in [1.807, 2.05) is 60.7 Å². The number of hydrogen-bond donors (Lipinski definition) is 3. The van der Waals surface area contributed by atoms with Crippen LogP contribution < -0.4 is 25.6 Å². The number of methoxy groups -OCH3 is 2. The van der Waals surface area contributed by atoms with Crippen LogP contribution in [-0.4, -0.2) is 25.2 Å². The van der Waals surface area contributed by atoms with E-state index in [0.717, 1.165) is 11.1 Å². The average Bonchev–Trinajstić information content (AvgIpc) is 2.80. The molecule has 0 radical (unpaired) electrons. The number of nitrogens with one attached hydrogen (secondary N) is 3. The van der Waals surface area contributed by atoms with Crippen molar-refractivity contribution in [3.05, 3.63) is 88.9 Å². The molecule has 0 bridgehead atoms. The van der Waals surface area contributed by atoms with Crippen LogP contribution in [0.5, 0.6) is 11.5 Å². The largest absolute Gasteiger partial charge is 0.495 e. The first kappa shape index (κ1) is 22.4. The minimum Gasteiger partial charge on any atom is -0.495 e. The molecule has 0 spiro atoms. The van der Waals surface area contributed by atoms with Crippen molar-refractivity contribution in [2.45, 2.75) is 5.92 Å². The Kier molecular flexibility index (Phi) is 7.70. The van der Waals surface area contributed by atoms with Crippen molar-refractivity contribution in [3.63, 3.8) is 0 Å². The summed E-state index contributed by atoms with van der Waals surface area (Å²) in [7, 11) is 3.04. The number of halogens is 1. The molecular weight excluding hydrogens is 434 g/mol. The number of thiocarbonyl (C=S) groups is 1. The standard InChI is InChI=1S/C23H22ClN3O3S/c1-29-19-14-18(20(30-2)13-17(19)24)25-23(31)27-26-22(28)21(15-9-5-3-6-10-15)16-11-7-4-8-12-16/h3-14,21H,1-2H3,(H,26,28)(H2,25,27,31). The summed E-state index contributed by atoms with van der Waals surface area (Å²) in [6, 6.07) is 22.4. The zero-order valence-corrected chi connectivity index (χ0v) is 18.6. The highest BCUT2D eigenvalue weighted by atomic mass is 35.5. The smallest absolute Gasteiger partial charge is 0.250 e. The van der Waals surface area contributed by atoms with E-state index < -0.39 is 5.92 Å². The predicted octanol–water partition coefficient (Wildman–Crippen LogP) is 4.51. The normalized spacial score (nSPS) is 10.3. The van der Waals surface area contributed by atoms with Gasteiger partial charge in [-0.05, 0) is 23.3 Å².